The molecule has 0 spiro atoms. The predicted molar refractivity (Wildman–Crippen MR) is 94.7 cm³/mol. The lowest BCUT2D eigenvalue weighted by atomic mass is 9.86. The molecular weight excluding hydrogens is 356 g/mol. The number of hydrogen-bond donors (Lipinski definition) is 2. The van der Waals surface area contributed by atoms with E-state index in [-0.39, 0.29) is 23.5 Å². The van der Waals surface area contributed by atoms with Crippen LogP contribution in [0.4, 0.5) is 0 Å². The van der Waals surface area contributed by atoms with Gasteiger partial charge < -0.3 is 9.84 Å². The zero-order valence-corrected chi connectivity index (χ0v) is 15.4. The Hall–Kier alpha value is -1.64. The molecule has 3 aliphatic rings. The number of carbonyl (C=O) groups is 1. The predicted octanol–water partition coefficient (Wildman–Crippen LogP) is 1.23. The number of aliphatic carboxylic acids is 1. The van der Waals surface area contributed by atoms with Crippen LogP contribution in [0.15, 0.2) is 23.1 Å². The fourth-order valence-corrected chi connectivity index (χ4v) is 5.06. The van der Waals surface area contributed by atoms with E-state index in [0.717, 1.165) is 24.3 Å². The van der Waals surface area contributed by atoms with E-state index in [1.165, 1.54) is 12.8 Å². The van der Waals surface area contributed by atoms with Crippen LogP contribution < -0.4 is 9.46 Å². The van der Waals surface area contributed by atoms with Crippen molar-refractivity contribution < 1.29 is 23.1 Å². The maximum absolute atomic E-state index is 12.6. The Morgan fingerprint density at radius 3 is 2.77 bits per heavy atom. The number of benzene rings is 1. The normalized spacial score (nSPS) is 24.8. The van der Waals surface area contributed by atoms with Crippen molar-refractivity contribution in [1.29, 1.82) is 0 Å². The summed E-state index contributed by atoms with van der Waals surface area (Å²) in [5.74, 6) is 0.547. The molecule has 0 saturated heterocycles. The van der Waals surface area contributed by atoms with Gasteiger partial charge >= 0.3 is 5.97 Å². The zero-order valence-electron chi connectivity index (χ0n) is 14.6. The van der Waals surface area contributed by atoms with Crippen LogP contribution in [-0.4, -0.2) is 56.2 Å². The van der Waals surface area contributed by atoms with Crippen LogP contribution >= 0.6 is 0 Å². The first kappa shape index (κ1) is 17.8. The van der Waals surface area contributed by atoms with Gasteiger partial charge in [-0.1, -0.05) is 0 Å². The fourth-order valence-electron chi connectivity index (χ4n) is 3.75. The van der Waals surface area contributed by atoms with Crippen molar-refractivity contribution in [3.05, 3.63) is 23.8 Å². The summed E-state index contributed by atoms with van der Waals surface area (Å²) in [7, 11) is -3.57. The van der Waals surface area contributed by atoms with Crippen LogP contribution in [-0.2, 0) is 21.2 Å². The molecule has 26 heavy (non-hydrogen) atoms. The van der Waals surface area contributed by atoms with Crippen LogP contribution in [0.2, 0.25) is 0 Å². The standard InChI is InChI=1S/C18H24N2O5S/c21-18(22)11-20(10-12-1-2-12)15-8-14(9-15)19-26(23,24)16-3-4-17-13(7-16)5-6-25-17/h3-4,7,12,14-15,19H,1-2,5-6,8-11H2,(H,21,22). The van der Waals surface area contributed by atoms with Gasteiger partial charge in [0.1, 0.15) is 5.75 Å². The number of sulfonamides is 1. The quantitative estimate of drug-likeness (QED) is 0.704. The average molecular weight is 380 g/mol. The summed E-state index contributed by atoms with van der Waals surface area (Å²) >= 11 is 0. The molecule has 7 nitrogen and oxygen atoms in total. The second-order valence-corrected chi connectivity index (χ2v) is 9.29. The smallest absolute Gasteiger partial charge is 0.317 e. The van der Waals surface area contributed by atoms with Crippen LogP contribution in [0.5, 0.6) is 5.75 Å². The minimum atomic E-state index is -3.57. The largest absolute Gasteiger partial charge is 0.493 e. The van der Waals surface area contributed by atoms with E-state index in [1.54, 1.807) is 18.2 Å². The molecule has 1 aromatic carbocycles. The summed E-state index contributed by atoms with van der Waals surface area (Å²) in [4.78, 5) is 13.3. The summed E-state index contributed by atoms with van der Waals surface area (Å²) in [6.07, 6.45) is 4.39. The van der Waals surface area contributed by atoms with E-state index >= 15 is 0 Å². The van der Waals surface area contributed by atoms with Crippen LogP contribution in [0.1, 0.15) is 31.2 Å². The third-order valence-electron chi connectivity index (χ3n) is 5.45. The molecule has 0 aromatic heterocycles. The first-order chi connectivity index (χ1) is 12.4. The Labute approximate surface area is 153 Å². The van der Waals surface area contributed by atoms with Gasteiger partial charge in [0, 0.05) is 25.0 Å². The molecule has 0 radical (unpaired) electrons. The maximum atomic E-state index is 12.6. The topological polar surface area (TPSA) is 95.9 Å². The maximum Gasteiger partial charge on any atom is 0.317 e. The number of carboxylic acids is 1. The highest BCUT2D eigenvalue weighted by Gasteiger charge is 2.39. The Bertz CT molecular complexity index is 800. The molecule has 2 fully saturated rings. The van der Waals surface area contributed by atoms with Crippen LogP contribution in [0.3, 0.4) is 0 Å². The Morgan fingerprint density at radius 1 is 1.31 bits per heavy atom. The monoisotopic (exact) mass is 380 g/mol. The number of nitrogens with one attached hydrogen (secondary N) is 1. The number of nitrogens with zero attached hydrogens (tertiary/aromatic N) is 1. The number of ether oxygens (including phenoxy) is 1. The number of carboxylic acid groups (broad SMARTS) is 1. The minimum absolute atomic E-state index is 0.0332. The van der Waals surface area contributed by atoms with Gasteiger partial charge in [0.05, 0.1) is 18.0 Å². The number of hydrogen-bond acceptors (Lipinski definition) is 5. The zero-order chi connectivity index (χ0) is 18.3. The highest BCUT2D eigenvalue weighted by molar-refractivity contribution is 7.89. The lowest BCUT2D eigenvalue weighted by Gasteiger charge is -2.42. The average Bonchev–Trinajstić information content (AvgIpc) is 3.22. The minimum Gasteiger partial charge on any atom is -0.493 e. The first-order valence-corrected chi connectivity index (χ1v) is 10.6. The highest BCUT2D eigenvalue weighted by atomic mass is 32.2. The third-order valence-corrected chi connectivity index (χ3v) is 6.97. The van der Waals surface area contributed by atoms with Crippen molar-refractivity contribution in [2.24, 2.45) is 5.92 Å². The third kappa shape index (κ3) is 3.87. The lowest BCUT2D eigenvalue weighted by Crippen LogP contribution is -2.55. The van der Waals surface area contributed by atoms with Gasteiger partial charge in [-0.3, -0.25) is 9.69 Å². The van der Waals surface area contributed by atoms with E-state index in [9.17, 15) is 13.2 Å². The van der Waals surface area contributed by atoms with Crippen molar-refractivity contribution in [3.8, 4) is 5.75 Å². The van der Waals surface area contributed by atoms with E-state index < -0.39 is 16.0 Å². The molecule has 1 aliphatic heterocycles. The Kier molecular flexibility index (Phi) is 4.66. The Morgan fingerprint density at radius 2 is 2.08 bits per heavy atom. The number of rotatable bonds is 8. The van der Waals surface area contributed by atoms with Gasteiger partial charge in [-0.05, 0) is 55.4 Å². The molecule has 8 heteroatoms. The molecule has 4 rings (SSSR count). The molecule has 0 bridgehead atoms. The summed E-state index contributed by atoms with van der Waals surface area (Å²) in [5, 5.41) is 9.10. The van der Waals surface area contributed by atoms with E-state index in [1.807, 2.05) is 4.90 Å². The number of fused-ring (bicyclic) bond motifs is 1. The second-order valence-electron chi connectivity index (χ2n) is 7.58. The molecule has 0 amide bonds. The van der Waals surface area contributed by atoms with Gasteiger partial charge in [-0.25, -0.2) is 13.1 Å². The molecule has 2 N–H and O–H groups in total. The molecule has 1 heterocycles. The lowest BCUT2D eigenvalue weighted by molar-refractivity contribution is -0.139. The van der Waals surface area contributed by atoms with Crippen molar-refractivity contribution >= 4 is 16.0 Å². The van der Waals surface area contributed by atoms with Gasteiger partial charge in [0.2, 0.25) is 10.0 Å². The molecule has 0 atom stereocenters. The molecular formula is C18H24N2O5S. The summed E-state index contributed by atoms with van der Waals surface area (Å²) < 4.78 is 33.4. The molecule has 142 valence electrons. The fraction of sp³-hybridized carbons (Fsp3) is 0.611. The first-order valence-electron chi connectivity index (χ1n) is 9.14. The summed E-state index contributed by atoms with van der Waals surface area (Å²) in [6.45, 7) is 1.43. The van der Waals surface area contributed by atoms with Gasteiger partial charge in [-0.15, -0.1) is 0 Å². The summed E-state index contributed by atoms with van der Waals surface area (Å²) in [6, 6.07) is 4.99. The molecule has 1 aromatic rings. The van der Waals surface area contributed by atoms with Crippen LogP contribution in [0, 0.1) is 5.92 Å². The van der Waals surface area contributed by atoms with E-state index in [2.05, 4.69) is 4.72 Å². The van der Waals surface area contributed by atoms with Crippen LogP contribution in [0.25, 0.3) is 0 Å². The van der Waals surface area contributed by atoms with Crippen molar-refractivity contribution in [2.75, 3.05) is 19.7 Å². The highest BCUT2D eigenvalue weighted by Crippen LogP contribution is 2.34. The van der Waals surface area contributed by atoms with E-state index in [4.69, 9.17) is 9.84 Å². The van der Waals surface area contributed by atoms with Crippen molar-refractivity contribution in [2.45, 2.75) is 49.1 Å². The molecule has 0 unspecified atom stereocenters. The van der Waals surface area contributed by atoms with Gasteiger partial charge in [0.25, 0.3) is 0 Å². The van der Waals surface area contributed by atoms with Crippen molar-refractivity contribution in [1.82, 2.24) is 9.62 Å². The Balaban J connectivity index is 1.35. The SMILES string of the molecule is O=C(O)CN(CC1CC1)C1CC(NS(=O)(=O)c2ccc3c(c2)CCO3)C1. The second kappa shape index (κ2) is 6.83. The van der Waals surface area contributed by atoms with E-state index in [0.29, 0.717) is 25.4 Å². The molecule has 2 aliphatic carbocycles. The van der Waals surface area contributed by atoms with Gasteiger partial charge in [-0.2, -0.15) is 0 Å². The summed E-state index contributed by atoms with van der Waals surface area (Å²) in [5.41, 5.74) is 0.927. The van der Waals surface area contributed by atoms with Gasteiger partial charge in [0.15, 0.2) is 0 Å². The molecule has 2 saturated carbocycles. The van der Waals surface area contributed by atoms with Crippen molar-refractivity contribution in [3.63, 3.8) is 0 Å².